The van der Waals surface area contributed by atoms with Crippen molar-refractivity contribution < 1.29 is 8.42 Å². The summed E-state index contributed by atoms with van der Waals surface area (Å²) in [4.78, 5) is 4.94. The fourth-order valence-corrected chi connectivity index (χ4v) is 5.14. The lowest BCUT2D eigenvalue weighted by Gasteiger charge is -2.10. The van der Waals surface area contributed by atoms with E-state index in [1.807, 2.05) is 38.1 Å². The van der Waals surface area contributed by atoms with Crippen LogP contribution in [-0.4, -0.2) is 13.4 Å². The van der Waals surface area contributed by atoms with Crippen molar-refractivity contribution in [2.24, 2.45) is 0 Å². The Morgan fingerprint density at radius 3 is 2.32 bits per heavy atom. The van der Waals surface area contributed by atoms with E-state index in [0.717, 1.165) is 31.9 Å². The van der Waals surface area contributed by atoms with Crippen molar-refractivity contribution in [1.29, 1.82) is 0 Å². The van der Waals surface area contributed by atoms with Crippen LogP contribution in [0.15, 0.2) is 65.6 Å². The van der Waals surface area contributed by atoms with Gasteiger partial charge in [-0.05, 0) is 86.0 Å². The van der Waals surface area contributed by atoms with E-state index in [-0.39, 0.29) is 4.90 Å². The Morgan fingerprint density at radius 2 is 1.61 bits per heavy atom. The van der Waals surface area contributed by atoms with E-state index in [4.69, 9.17) is 0 Å². The quantitative estimate of drug-likeness (QED) is 0.472. The van der Waals surface area contributed by atoms with Crippen LogP contribution in [0.25, 0.3) is 20.8 Å². The lowest BCUT2D eigenvalue weighted by molar-refractivity contribution is 0.601. The number of nitrogens with one attached hydrogen (secondary N) is 1. The number of sulfonamides is 1. The molecule has 4 aromatic rings. The normalized spacial score (nSPS) is 11.7. The number of hydrogen-bond donors (Lipinski definition) is 1. The zero-order chi connectivity index (χ0) is 19.9. The largest absolute Gasteiger partial charge is 0.280 e. The monoisotopic (exact) mass is 408 g/mol. The molecule has 0 bridgehead atoms. The Hall–Kier alpha value is -2.70. The van der Waals surface area contributed by atoms with Crippen LogP contribution in [0.1, 0.15) is 16.7 Å². The maximum Gasteiger partial charge on any atom is 0.261 e. The van der Waals surface area contributed by atoms with Crippen LogP contribution in [-0.2, 0) is 10.0 Å². The van der Waals surface area contributed by atoms with Gasteiger partial charge in [0.05, 0.1) is 15.1 Å². The molecule has 6 heteroatoms. The van der Waals surface area contributed by atoms with Crippen molar-refractivity contribution in [2.45, 2.75) is 25.7 Å². The molecule has 0 atom stereocenters. The number of aryl methyl sites for hydroxylation is 3. The molecule has 0 amide bonds. The predicted molar refractivity (Wildman–Crippen MR) is 117 cm³/mol. The molecule has 0 unspecified atom stereocenters. The summed E-state index contributed by atoms with van der Waals surface area (Å²) in [6.07, 6.45) is 0. The van der Waals surface area contributed by atoms with Gasteiger partial charge in [-0.25, -0.2) is 13.4 Å². The Labute approximate surface area is 168 Å². The van der Waals surface area contributed by atoms with Crippen molar-refractivity contribution in [1.82, 2.24) is 4.98 Å². The minimum absolute atomic E-state index is 0.265. The molecule has 3 aromatic carbocycles. The van der Waals surface area contributed by atoms with Crippen molar-refractivity contribution in [3.05, 3.63) is 77.4 Å². The summed E-state index contributed by atoms with van der Waals surface area (Å²) in [5, 5.41) is 0.921. The topological polar surface area (TPSA) is 59.1 Å². The van der Waals surface area contributed by atoms with Gasteiger partial charge in [0.25, 0.3) is 10.0 Å². The molecule has 0 aliphatic carbocycles. The average Bonchev–Trinajstić information content (AvgIpc) is 3.07. The summed E-state index contributed by atoms with van der Waals surface area (Å²) in [5.41, 5.74) is 5.69. The summed E-state index contributed by atoms with van der Waals surface area (Å²) in [5.74, 6) is 0. The Kier molecular flexibility index (Phi) is 4.69. The molecule has 28 heavy (non-hydrogen) atoms. The molecule has 0 saturated carbocycles. The second kappa shape index (κ2) is 7.04. The summed E-state index contributed by atoms with van der Waals surface area (Å²) in [7, 11) is -3.62. The first kappa shape index (κ1) is 18.7. The van der Waals surface area contributed by atoms with E-state index < -0.39 is 10.0 Å². The lowest BCUT2D eigenvalue weighted by atomic mass is 10.1. The second-order valence-electron chi connectivity index (χ2n) is 6.92. The Bertz CT molecular complexity index is 1270. The minimum atomic E-state index is -3.62. The van der Waals surface area contributed by atoms with Crippen LogP contribution >= 0.6 is 11.3 Å². The van der Waals surface area contributed by atoms with Crippen LogP contribution in [0.4, 0.5) is 5.69 Å². The highest BCUT2D eigenvalue weighted by molar-refractivity contribution is 7.92. The van der Waals surface area contributed by atoms with Crippen molar-refractivity contribution in [3.63, 3.8) is 0 Å². The van der Waals surface area contributed by atoms with Crippen molar-refractivity contribution >= 4 is 37.3 Å². The van der Waals surface area contributed by atoms with Gasteiger partial charge in [0.1, 0.15) is 5.01 Å². The van der Waals surface area contributed by atoms with Gasteiger partial charge in [-0.1, -0.05) is 12.1 Å². The fourth-order valence-electron chi connectivity index (χ4n) is 2.93. The van der Waals surface area contributed by atoms with Crippen LogP contribution in [0.2, 0.25) is 0 Å². The first-order valence-electron chi connectivity index (χ1n) is 8.89. The number of fused-ring (bicyclic) bond motifs is 1. The van der Waals surface area contributed by atoms with Crippen molar-refractivity contribution in [3.8, 4) is 10.6 Å². The first-order chi connectivity index (χ1) is 13.3. The average molecular weight is 409 g/mol. The molecule has 4 rings (SSSR count). The molecule has 1 heterocycles. The van der Waals surface area contributed by atoms with Gasteiger partial charge in [-0.2, -0.15) is 0 Å². The third-order valence-corrected chi connectivity index (χ3v) is 7.16. The third-order valence-electron chi connectivity index (χ3n) is 4.72. The van der Waals surface area contributed by atoms with Gasteiger partial charge >= 0.3 is 0 Å². The molecule has 0 radical (unpaired) electrons. The van der Waals surface area contributed by atoms with Crippen LogP contribution in [0.5, 0.6) is 0 Å². The number of aromatic nitrogens is 1. The van der Waals surface area contributed by atoms with E-state index in [9.17, 15) is 8.42 Å². The maximum absolute atomic E-state index is 12.6. The van der Waals surface area contributed by atoms with Gasteiger partial charge in [0, 0.05) is 11.3 Å². The molecule has 0 fully saturated rings. The van der Waals surface area contributed by atoms with Gasteiger partial charge in [0.2, 0.25) is 0 Å². The van der Waals surface area contributed by atoms with E-state index in [0.29, 0.717) is 5.69 Å². The number of benzene rings is 3. The Balaban J connectivity index is 1.59. The molecule has 0 aliphatic rings. The van der Waals surface area contributed by atoms with Crippen LogP contribution < -0.4 is 4.72 Å². The first-order valence-corrected chi connectivity index (χ1v) is 11.2. The van der Waals surface area contributed by atoms with Gasteiger partial charge < -0.3 is 0 Å². The molecule has 142 valence electrons. The number of thiazole rings is 1. The van der Waals surface area contributed by atoms with E-state index >= 15 is 0 Å². The van der Waals surface area contributed by atoms with Gasteiger partial charge in [-0.15, -0.1) is 11.3 Å². The highest BCUT2D eigenvalue weighted by Crippen LogP contribution is 2.31. The highest BCUT2D eigenvalue weighted by atomic mass is 32.2. The van der Waals surface area contributed by atoms with Gasteiger partial charge in [-0.3, -0.25) is 4.72 Å². The van der Waals surface area contributed by atoms with Crippen LogP contribution in [0, 0.1) is 20.8 Å². The number of hydrogen-bond acceptors (Lipinski definition) is 4. The van der Waals surface area contributed by atoms with Gasteiger partial charge in [0.15, 0.2) is 0 Å². The predicted octanol–water partition coefficient (Wildman–Crippen LogP) is 5.69. The number of anilines is 1. The SMILES string of the molecule is Cc1ccc2nc(-c3ccc(NS(=O)(=O)c4ccc(C)c(C)c4)cc3)sc2c1. The summed E-state index contributed by atoms with van der Waals surface area (Å²) in [6, 6.07) is 18.7. The molecule has 4 nitrogen and oxygen atoms in total. The smallest absolute Gasteiger partial charge is 0.261 e. The number of rotatable bonds is 4. The molecular weight excluding hydrogens is 388 g/mol. The van der Waals surface area contributed by atoms with E-state index in [2.05, 4.69) is 28.8 Å². The third kappa shape index (κ3) is 3.66. The molecular formula is C22H20N2O2S2. The standard InChI is InChI=1S/C22H20N2O2S2/c1-14-4-11-20-21(12-14)27-22(23-20)17-6-8-18(9-7-17)24-28(25,26)19-10-5-15(2)16(3)13-19/h4-13,24H,1-3H3. The zero-order valence-corrected chi connectivity index (χ0v) is 17.5. The zero-order valence-electron chi connectivity index (χ0n) is 15.9. The van der Waals surface area contributed by atoms with E-state index in [1.165, 1.54) is 5.56 Å². The molecule has 0 saturated heterocycles. The Morgan fingerprint density at radius 1 is 0.857 bits per heavy atom. The summed E-state index contributed by atoms with van der Waals surface area (Å²) in [6.45, 7) is 5.93. The molecule has 1 N–H and O–H groups in total. The minimum Gasteiger partial charge on any atom is -0.280 e. The van der Waals surface area contributed by atoms with E-state index in [1.54, 1.807) is 35.6 Å². The number of nitrogens with zero attached hydrogens (tertiary/aromatic N) is 1. The molecule has 0 spiro atoms. The second-order valence-corrected chi connectivity index (χ2v) is 9.63. The maximum atomic E-state index is 12.6. The molecule has 1 aromatic heterocycles. The summed E-state index contributed by atoms with van der Waals surface area (Å²) < 4.78 is 29.1. The lowest BCUT2D eigenvalue weighted by Crippen LogP contribution is -2.13. The highest BCUT2D eigenvalue weighted by Gasteiger charge is 2.15. The van der Waals surface area contributed by atoms with Crippen molar-refractivity contribution in [2.75, 3.05) is 4.72 Å². The fraction of sp³-hybridized carbons (Fsp3) is 0.136. The summed E-state index contributed by atoms with van der Waals surface area (Å²) >= 11 is 1.63. The molecule has 0 aliphatic heterocycles. The van der Waals surface area contributed by atoms with Crippen LogP contribution in [0.3, 0.4) is 0 Å².